The molecule has 0 aliphatic carbocycles. The molecule has 3 N–H and O–H groups in total. The second-order valence-electron chi connectivity index (χ2n) is 8.19. The van der Waals surface area contributed by atoms with Gasteiger partial charge in [0.05, 0.1) is 35.9 Å². The van der Waals surface area contributed by atoms with Crippen LogP contribution in [-0.2, 0) is 22.9 Å². The van der Waals surface area contributed by atoms with Gasteiger partial charge >= 0.3 is 12.3 Å². The third-order valence-electron chi connectivity index (χ3n) is 5.02. The van der Waals surface area contributed by atoms with Crippen molar-refractivity contribution in [2.45, 2.75) is 63.3 Å². The number of carbonyl (C=O) groups is 1. The van der Waals surface area contributed by atoms with Crippen molar-refractivity contribution in [3.05, 3.63) is 17.6 Å². The Morgan fingerprint density at radius 1 is 1.24 bits per heavy atom. The predicted octanol–water partition coefficient (Wildman–Crippen LogP) is 2.29. The van der Waals surface area contributed by atoms with Crippen LogP contribution in [0.15, 0.2) is 11.1 Å². The normalized spacial score (nSPS) is 16.6. The molecule has 1 atom stereocenters. The van der Waals surface area contributed by atoms with Crippen molar-refractivity contribution in [2.24, 2.45) is 0 Å². The van der Waals surface area contributed by atoms with Gasteiger partial charge in [0, 0.05) is 0 Å². The molecule has 2 aromatic rings. The van der Waals surface area contributed by atoms with E-state index in [1.807, 2.05) is 4.72 Å². The van der Waals surface area contributed by atoms with Gasteiger partial charge in [-0.1, -0.05) is 27.7 Å². The van der Waals surface area contributed by atoms with Crippen LogP contribution in [0.3, 0.4) is 0 Å². The van der Waals surface area contributed by atoms with E-state index >= 15 is 0 Å². The van der Waals surface area contributed by atoms with Crippen LogP contribution >= 0.6 is 0 Å². The fraction of sp³-hybridized carbons (Fsp3) is 0.611. The van der Waals surface area contributed by atoms with E-state index in [1.54, 1.807) is 20.9 Å². The Labute approximate surface area is 188 Å². The highest BCUT2D eigenvalue weighted by atomic mass is 32.2. The fourth-order valence-corrected chi connectivity index (χ4v) is 4.44. The van der Waals surface area contributed by atoms with E-state index in [1.165, 1.54) is 18.5 Å². The lowest BCUT2D eigenvalue weighted by Gasteiger charge is -2.24. The first-order chi connectivity index (χ1) is 15.3. The summed E-state index contributed by atoms with van der Waals surface area (Å²) in [6, 6.07) is -1.30. The molecule has 0 radical (unpaired) electrons. The third-order valence-corrected chi connectivity index (χ3v) is 6.33. The number of ether oxygens (including phenoxy) is 1. The minimum absolute atomic E-state index is 0.0204. The van der Waals surface area contributed by atoms with Crippen molar-refractivity contribution >= 4 is 21.7 Å². The Morgan fingerprint density at radius 3 is 2.45 bits per heavy atom. The first-order valence-corrected chi connectivity index (χ1v) is 11.6. The van der Waals surface area contributed by atoms with Gasteiger partial charge in [0.2, 0.25) is 5.88 Å². The Hall–Kier alpha value is -2.81. The van der Waals surface area contributed by atoms with Gasteiger partial charge in [-0.3, -0.25) is 0 Å². The number of rotatable bonds is 6. The number of nitrogens with one attached hydrogen (secondary N) is 3. The minimum Gasteiger partial charge on any atom is -0.475 e. The van der Waals surface area contributed by atoms with Gasteiger partial charge in [0.1, 0.15) is 6.61 Å². The molecule has 0 aromatic carbocycles. The number of halogens is 3. The van der Waals surface area contributed by atoms with Crippen LogP contribution in [0.2, 0.25) is 0 Å². The SMILES string of the molecule is CNC1COc2c(S(=O)(=O)NC(=O)Nc3c(C(C)C)nn(C(F)(F)F)c3C(C)C)cnn2C1. The number of anilines is 1. The number of hydrogen-bond donors (Lipinski definition) is 3. The molecule has 2 aromatic heterocycles. The summed E-state index contributed by atoms with van der Waals surface area (Å²) < 4.78 is 74.7. The van der Waals surface area contributed by atoms with Gasteiger partial charge in [0.25, 0.3) is 10.0 Å². The number of amides is 2. The van der Waals surface area contributed by atoms with Gasteiger partial charge in [-0.05, 0) is 18.9 Å². The van der Waals surface area contributed by atoms with Crippen molar-refractivity contribution in [2.75, 3.05) is 19.0 Å². The second kappa shape index (κ2) is 8.85. The highest BCUT2D eigenvalue weighted by molar-refractivity contribution is 7.90. The van der Waals surface area contributed by atoms with Crippen LogP contribution in [0.25, 0.3) is 0 Å². The third kappa shape index (κ3) is 4.93. The predicted molar refractivity (Wildman–Crippen MR) is 112 cm³/mol. The molecule has 33 heavy (non-hydrogen) atoms. The molecule has 11 nitrogen and oxygen atoms in total. The van der Waals surface area contributed by atoms with Crippen molar-refractivity contribution in [3.63, 3.8) is 0 Å². The molecule has 2 amide bonds. The second-order valence-corrected chi connectivity index (χ2v) is 9.84. The summed E-state index contributed by atoms with van der Waals surface area (Å²) in [6.07, 6.45) is -3.77. The zero-order valence-electron chi connectivity index (χ0n) is 18.7. The Balaban J connectivity index is 1.90. The Bertz CT molecular complexity index is 1140. The molecule has 1 aliphatic rings. The molecule has 0 bridgehead atoms. The summed E-state index contributed by atoms with van der Waals surface area (Å²) >= 11 is 0. The van der Waals surface area contributed by atoms with Crippen molar-refractivity contribution < 1.29 is 31.1 Å². The standard InChI is InChI=1S/C18H26F3N7O4S/c1-9(2)13-14(15(10(3)4)28(25-13)18(19,20)21)24-17(29)26-33(30,31)12-6-23-27-7-11(22-5)8-32-16(12)27/h6,9-11,22H,7-8H2,1-5H3,(H2,24,26,29). The van der Waals surface area contributed by atoms with E-state index in [9.17, 15) is 26.4 Å². The number of likely N-dealkylation sites (N-methyl/N-ethyl adjacent to an activating group) is 1. The first kappa shape index (κ1) is 24.8. The van der Waals surface area contributed by atoms with Gasteiger partial charge in [-0.15, -0.1) is 13.2 Å². The number of alkyl halides is 3. The lowest BCUT2D eigenvalue weighted by molar-refractivity contribution is -0.214. The number of urea groups is 1. The quantitative estimate of drug-likeness (QED) is 0.563. The number of fused-ring (bicyclic) bond motifs is 1. The maximum absolute atomic E-state index is 13.5. The molecular formula is C18H26F3N7O4S. The molecule has 3 rings (SSSR count). The molecule has 1 aliphatic heterocycles. The van der Waals surface area contributed by atoms with Crippen LogP contribution in [-0.4, -0.2) is 53.7 Å². The van der Waals surface area contributed by atoms with E-state index in [0.29, 0.717) is 6.54 Å². The monoisotopic (exact) mass is 493 g/mol. The lowest BCUT2D eigenvalue weighted by Crippen LogP contribution is -2.40. The van der Waals surface area contributed by atoms with E-state index in [2.05, 4.69) is 20.8 Å². The Morgan fingerprint density at radius 2 is 1.91 bits per heavy atom. The molecule has 0 saturated heterocycles. The van der Waals surface area contributed by atoms with Crippen LogP contribution in [0.5, 0.6) is 5.88 Å². The van der Waals surface area contributed by atoms with Gasteiger partial charge in [-0.25, -0.2) is 22.6 Å². The summed E-state index contributed by atoms with van der Waals surface area (Å²) in [5.74, 6) is -1.18. The first-order valence-electron chi connectivity index (χ1n) is 10.2. The summed E-state index contributed by atoms with van der Waals surface area (Å²) in [7, 11) is -2.70. The maximum Gasteiger partial charge on any atom is 0.504 e. The van der Waals surface area contributed by atoms with Crippen molar-refractivity contribution in [1.29, 1.82) is 0 Å². The molecule has 1 unspecified atom stereocenters. The average Bonchev–Trinajstić information content (AvgIpc) is 3.28. The van der Waals surface area contributed by atoms with Crippen molar-refractivity contribution in [3.8, 4) is 5.88 Å². The van der Waals surface area contributed by atoms with Crippen LogP contribution < -0.4 is 20.1 Å². The fourth-order valence-electron chi connectivity index (χ4n) is 3.46. The van der Waals surface area contributed by atoms with Gasteiger partial charge < -0.3 is 15.4 Å². The van der Waals surface area contributed by atoms with Crippen LogP contribution in [0.1, 0.15) is 50.9 Å². The highest BCUT2D eigenvalue weighted by Gasteiger charge is 2.39. The maximum atomic E-state index is 13.5. The van der Waals surface area contributed by atoms with E-state index < -0.39 is 34.2 Å². The molecule has 15 heteroatoms. The van der Waals surface area contributed by atoms with Gasteiger partial charge in [0.15, 0.2) is 4.90 Å². The molecule has 3 heterocycles. The molecule has 0 fully saturated rings. The topological polar surface area (TPSA) is 132 Å². The minimum atomic E-state index is -4.81. The largest absolute Gasteiger partial charge is 0.504 e. The van der Waals surface area contributed by atoms with Gasteiger partial charge in [-0.2, -0.15) is 14.9 Å². The number of carbonyl (C=O) groups excluding carboxylic acids is 1. The smallest absolute Gasteiger partial charge is 0.475 e. The molecular weight excluding hydrogens is 467 g/mol. The zero-order valence-corrected chi connectivity index (χ0v) is 19.5. The summed E-state index contributed by atoms with van der Waals surface area (Å²) in [6.45, 7) is 6.81. The lowest BCUT2D eigenvalue weighted by atomic mass is 10.0. The van der Waals surface area contributed by atoms with E-state index in [4.69, 9.17) is 4.74 Å². The average molecular weight is 494 g/mol. The van der Waals surface area contributed by atoms with E-state index in [-0.39, 0.29) is 45.2 Å². The molecule has 184 valence electrons. The zero-order chi connectivity index (χ0) is 24.7. The van der Waals surface area contributed by atoms with E-state index in [0.717, 1.165) is 6.20 Å². The van der Waals surface area contributed by atoms with Crippen LogP contribution in [0.4, 0.5) is 23.7 Å². The Kier molecular flexibility index (Phi) is 6.66. The number of sulfonamides is 1. The summed E-state index contributed by atoms with van der Waals surface area (Å²) in [4.78, 5) is 12.2. The number of hydrogen-bond acceptors (Lipinski definition) is 7. The van der Waals surface area contributed by atoms with Crippen LogP contribution in [0, 0.1) is 0 Å². The number of nitrogens with zero attached hydrogens (tertiary/aromatic N) is 4. The summed E-state index contributed by atoms with van der Waals surface area (Å²) in [5.41, 5.74) is -0.494. The number of aromatic nitrogens is 4. The van der Waals surface area contributed by atoms with Crippen molar-refractivity contribution in [1.82, 2.24) is 29.6 Å². The highest BCUT2D eigenvalue weighted by Crippen LogP contribution is 2.37. The summed E-state index contributed by atoms with van der Waals surface area (Å²) in [5, 5.41) is 12.9. The molecule has 0 saturated carbocycles. The molecule has 0 spiro atoms.